The van der Waals surface area contributed by atoms with Gasteiger partial charge in [0, 0.05) is 23.9 Å². The molecule has 1 aromatic heterocycles. The molecule has 1 spiro atoms. The number of hydrogen-bond donors (Lipinski definition) is 2. The Morgan fingerprint density at radius 1 is 1.15 bits per heavy atom. The maximum absolute atomic E-state index is 12.5. The van der Waals surface area contributed by atoms with Gasteiger partial charge in [-0.3, -0.25) is 4.79 Å². The zero-order chi connectivity index (χ0) is 17.3. The van der Waals surface area contributed by atoms with Crippen LogP contribution < -0.4 is 15.4 Å². The van der Waals surface area contributed by atoms with Gasteiger partial charge < -0.3 is 15.4 Å². The van der Waals surface area contributed by atoms with Crippen LogP contribution in [0.2, 0.25) is 5.02 Å². The minimum Gasteiger partial charge on any atom is -0.439 e. The van der Waals surface area contributed by atoms with Crippen molar-refractivity contribution in [2.45, 2.75) is 19.3 Å². The van der Waals surface area contributed by atoms with Crippen LogP contribution in [0.1, 0.15) is 19.3 Å². The van der Waals surface area contributed by atoms with Crippen LogP contribution in [-0.4, -0.2) is 24.0 Å². The fourth-order valence-electron chi connectivity index (χ4n) is 3.57. The van der Waals surface area contributed by atoms with Gasteiger partial charge >= 0.3 is 0 Å². The number of ether oxygens (including phenoxy) is 1. The van der Waals surface area contributed by atoms with Gasteiger partial charge in [0.25, 0.3) is 0 Å². The van der Waals surface area contributed by atoms with Crippen LogP contribution in [0.15, 0.2) is 42.6 Å². The Labute approximate surface area is 176 Å². The first-order valence-corrected chi connectivity index (χ1v) is 8.94. The lowest BCUT2D eigenvalue weighted by Gasteiger charge is -2.23. The van der Waals surface area contributed by atoms with Gasteiger partial charge in [-0.05, 0) is 68.1 Å². The smallest absolute Gasteiger partial charge is 0.228 e. The van der Waals surface area contributed by atoms with E-state index >= 15 is 0 Å². The quantitative estimate of drug-likeness (QED) is 0.738. The molecular weight excluding hydrogens is 409 g/mol. The van der Waals surface area contributed by atoms with Gasteiger partial charge in [-0.15, -0.1) is 24.8 Å². The van der Waals surface area contributed by atoms with E-state index in [1.54, 1.807) is 12.1 Å². The zero-order valence-electron chi connectivity index (χ0n) is 14.6. The fourth-order valence-corrected chi connectivity index (χ4v) is 3.69. The summed E-state index contributed by atoms with van der Waals surface area (Å²) in [5, 5.41) is 6.95. The molecule has 1 aliphatic heterocycles. The highest BCUT2D eigenvalue weighted by Gasteiger charge is 2.57. The molecule has 2 N–H and O–H groups in total. The Hall–Kier alpha value is -1.53. The Morgan fingerprint density at radius 2 is 1.85 bits per heavy atom. The van der Waals surface area contributed by atoms with Crippen molar-refractivity contribution in [2.75, 3.05) is 18.4 Å². The summed E-state index contributed by atoms with van der Waals surface area (Å²) in [5.74, 6) is 1.43. The second kappa shape index (κ2) is 9.11. The highest BCUT2D eigenvalue weighted by Crippen LogP contribution is 2.58. The van der Waals surface area contributed by atoms with Crippen LogP contribution in [-0.2, 0) is 4.79 Å². The summed E-state index contributed by atoms with van der Waals surface area (Å²) < 4.78 is 5.65. The fraction of sp³-hybridized carbons (Fsp3) is 0.368. The standard InChI is InChI=1S/C19H20ClN3O2.2ClH/c20-13-1-6-17(22-12-13)25-15-4-2-14(3-5-15)23-18(24)16-11-19(16)7-9-21-10-8-19;;/h1-6,12,16,21H,7-11H2,(H,23,24);2*1H. The number of pyridine rings is 1. The van der Waals surface area contributed by atoms with Crippen LogP contribution >= 0.6 is 36.4 Å². The molecule has 1 atom stereocenters. The Kier molecular flexibility index (Phi) is 7.34. The van der Waals surface area contributed by atoms with Gasteiger partial charge in [0.15, 0.2) is 0 Å². The maximum atomic E-state index is 12.5. The van der Waals surface area contributed by atoms with Crippen molar-refractivity contribution < 1.29 is 9.53 Å². The second-order valence-electron chi connectivity index (χ2n) is 6.80. The van der Waals surface area contributed by atoms with Gasteiger partial charge in [-0.25, -0.2) is 4.98 Å². The molecule has 1 unspecified atom stereocenters. The van der Waals surface area contributed by atoms with E-state index in [9.17, 15) is 4.79 Å². The van der Waals surface area contributed by atoms with Gasteiger partial charge in [-0.2, -0.15) is 0 Å². The largest absolute Gasteiger partial charge is 0.439 e. The number of aromatic nitrogens is 1. The van der Waals surface area contributed by atoms with E-state index in [-0.39, 0.29) is 42.1 Å². The van der Waals surface area contributed by atoms with Crippen LogP contribution in [0, 0.1) is 11.3 Å². The number of amides is 1. The van der Waals surface area contributed by atoms with Gasteiger partial charge in [0.2, 0.25) is 11.8 Å². The second-order valence-corrected chi connectivity index (χ2v) is 7.24. The predicted octanol–water partition coefficient (Wildman–Crippen LogP) is 4.70. The van der Waals surface area contributed by atoms with E-state index in [2.05, 4.69) is 15.6 Å². The number of halogens is 3. The zero-order valence-corrected chi connectivity index (χ0v) is 17.0. The minimum absolute atomic E-state index is 0. The van der Waals surface area contributed by atoms with E-state index < -0.39 is 0 Å². The number of carbonyl (C=O) groups excluding carboxylic acids is 1. The number of carbonyl (C=O) groups is 1. The normalized spacial score (nSPS) is 19.4. The Balaban J connectivity index is 0.00000131. The molecule has 2 aliphatic rings. The number of nitrogens with one attached hydrogen (secondary N) is 2. The third-order valence-electron chi connectivity index (χ3n) is 5.15. The SMILES string of the molecule is Cl.Cl.O=C(Nc1ccc(Oc2ccc(Cl)cn2)cc1)C1CC12CCNCC2. The number of nitrogens with zero attached hydrogens (tertiary/aromatic N) is 1. The summed E-state index contributed by atoms with van der Waals surface area (Å²) in [6.45, 7) is 2.04. The summed E-state index contributed by atoms with van der Waals surface area (Å²) in [6, 6.07) is 10.8. The van der Waals surface area contributed by atoms with Crippen molar-refractivity contribution in [1.82, 2.24) is 10.3 Å². The van der Waals surface area contributed by atoms with Gasteiger partial charge in [0.1, 0.15) is 5.75 Å². The molecule has 1 amide bonds. The van der Waals surface area contributed by atoms with E-state index in [0.29, 0.717) is 16.7 Å². The van der Waals surface area contributed by atoms with Crippen molar-refractivity contribution in [3.63, 3.8) is 0 Å². The molecule has 0 radical (unpaired) electrons. The molecule has 1 aliphatic carbocycles. The lowest BCUT2D eigenvalue weighted by Crippen LogP contribution is -2.31. The monoisotopic (exact) mass is 429 g/mol. The number of anilines is 1. The molecule has 8 heteroatoms. The maximum Gasteiger partial charge on any atom is 0.228 e. The van der Waals surface area contributed by atoms with Crippen LogP contribution in [0.25, 0.3) is 0 Å². The molecular formula is C19H22Cl3N3O2. The first-order chi connectivity index (χ1) is 12.1. The van der Waals surface area contributed by atoms with E-state index in [1.165, 1.54) is 6.20 Å². The highest BCUT2D eigenvalue weighted by atomic mass is 35.5. The molecule has 1 aromatic carbocycles. The van der Waals surface area contributed by atoms with Crippen molar-refractivity contribution in [3.8, 4) is 11.6 Å². The highest BCUT2D eigenvalue weighted by molar-refractivity contribution is 6.30. The van der Waals surface area contributed by atoms with Gasteiger partial charge in [0.05, 0.1) is 5.02 Å². The summed E-state index contributed by atoms with van der Waals surface area (Å²) >= 11 is 5.81. The van der Waals surface area contributed by atoms with Crippen LogP contribution in [0.4, 0.5) is 5.69 Å². The Bertz CT molecular complexity index is 763. The van der Waals surface area contributed by atoms with Gasteiger partial charge in [-0.1, -0.05) is 11.6 Å². The molecule has 0 bridgehead atoms. The topological polar surface area (TPSA) is 63.2 Å². The molecule has 1 saturated carbocycles. The molecule has 5 nitrogen and oxygen atoms in total. The predicted molar refractivity (Wildman–Crippen MR) is 112 cm³/mol. The summed E-state index contributed by atoms with van der Waals surface area (Å²) in [4.78, 5) is 16.6. The molecule has 146 valence electrons. The minimum atomic E-state index is 0. The van der Waals surface area contributed by atoms with Crippen LogP contribution in [0.3, 0.4) is 0 Å². The summed E-state index contributed by atoms with van der Waals surface area (Å²) in [6.07, 6.45) is 4.76. The van der Waals surface area contributed by atoms with Crippen LogP contribution in [0.5, 0.6) is 11.6 Å². The first kappa shape index (κ1) is 21.8. The lowest BCUT2D eigenvalue weighted by molar-refractivity contribution is -0.118. The van der Waals surface area contributed by atoms with Crippen molar-refractivity contribution in [1.29, 1.82) is 0 Å². The molecule has 27 heavy (non-hydrogen) atoms. The molecule has 2 aromatic rings. The van der Waals surface area contributed by atoms with E-state index in [1.807, 2.05) is 24.3 Å². The number of hydrogen-bond acceptors (Lipinski definition) is 4. The lowest BCUT2D eigenvalue weighted by atomic mass is 9.92. The van der Waals surface area contributed by atoms with E-state index in [0.717, 1.165) is 38.0 Å². The summed E-state index contributed by atoms with van der Waals surface area (Å²) in [5.41, 5.74) is 1.04. The molecule has 1 saturated heterocycles. The third-order valence-corrected chi connectivity index (χ3v) is 5.37. The number of rotatable bonds is 4. The van der Waals surface area contributed by atoms with Crippen molar-refractivity contribution in [3.05, 3.63) is 47.6 Å². The Morgan fingerprint density at radius 3 is 2.48 bits per heavy atom. The van der Waals surface area contributed by atoms with E-state index in [4.69, 9.17) is 16.3 Å². The van der Waals surface area contributed by atoms with Crippen molar-refractivity contribution >= 4 is 48.0 Å². The first-order valence-electron chi connectivity index (χ1n) is 8.56. The molecule has 2 heterocycles. The number of benzene rings is 1. The average molecular weight is 431 g/mol. The molecule has 4 rings (SSSR count). The molecule has 2 fully saturated rings. The average Bonchev–Trinajstić information content (AvgIpc) is 3.32. The summed E-state index contributed by atoms with van der Waals surface area (Å²) in [7, 11) is 0. The van der Waals surface area contributed by atoms with Crippen molar-refractivity contribution in [2.24, 2.45) is 11.3 Å². The third kappa shape index (κ3) is 5.05. The number of piperidine rings is 1.